The smallest absolute Gasteiger partial charge is 1.00 e. The molecule has 0 spiro atoms. The Labute approximate surface area is 314 Å². The molecule has 8 rings (SSSR count). The Hall–Kier alpha value is -2.85. The molecule has 0 radical (unpaired) electrons. The molecule has 0 unspecified atom stereocenters. The van der Waals surface area contributed by atoms with Crippen LogP contribution in [0.3, 0.4) is 0 Å². The van der Waals surface area contributed by atoms with Crippen molar-refractivity contribution in [2.45, 2.75) is 6.42 Å². The van der Waals surface area contributed by atoms with Crippen molar-refractivity contribution in [1.82, 2.24) is 29.5 Å². The summed E-state index contributed by atoms with van der Waals surface area (Å²) in [6, 6.07) is 35.1. The monoisotopic (exact) mass is 721 g/mol. The molecule has 46 heavy (non-hydrogen) atoms. The summed E-state index contributed by atoms with van der Waals surface area (Å²) in [6.07, 6.45) is 1.10. The van der Waals surface area contributed by atoms with Crippen molar-refractivity contribution in [1.29, 1.82) is 0 Å². The second-order valence-electron chi connectivity index (χ2n) is 9.32. The van der Waals surface area contributed by atoms with E-state index in [1.807, 2.05) is 41.0 Å². The molecule has 7 aromatic rings. The minimum absolute atomic E-state index is 0. The van der Waals surface area contributed by atoms with Crippen molar-refractivity contribution >= 4 is 79.8 Å². The number of rotatable bonds is 1. The molecule has 0 amide bonds. The number of benzene rings is 4. The molecule has 3 aromatic heterocycles. The van der Waals surface area contributed by atoms with Crippen LogP contribution in [0.15, 0.2) is 103 Å². The zero-order valence-corrected chi connectivity index (χ0v) is 30.0. The SMILES string of the molecule is Clc1cc(Cl)nc(-n2c3ccccc3c3ccccc32)n1.Clc1nc(Cl)nc(Cl)n1.[2H]CF.[H-].[Na+].c1ccc2c(c1)Cc1ccccc1-2. The zero-order chi connectivity index (χ0) is 32.6. The minimum Gasteiger partial charge on any atom is -1.00 e. The number of aromatic nitrogens is 6. The van der Waals surface area contributed by atoms with Crippen molar-refractivity contribution in [2.75, 3.05) is 7.15 Å². The van der Waals surface area contributed by atoms with Gasteiger partial charge in [0.1, 0.15) is 10.3 Å². The van der Waals surface area contributed by atoms with Crippen LogP contribution in [0.2, 0.25) is 26.2 Å². The second kappa shape index (κ2) is 16.8. The summed E-state index contributed by atoms with van der Waals surface area (Å²) in [5.74, 6) is 0.477. The van der Waals surface area contributed by atoms with Crippen LogP contribution in [0, 0.1) is 0 Å². The molecule has 13 heteroatoms. The maximum absolute atomic E-state index is 9.96. The van der Waals surface area contributed by atoms with E-state index in [-0.39, 0.29) is 46.8 Å². The van der Waals surface area contributed by atoms with Crippen LogP contribution in [-0.4, -0.2) is 36.6 Å². The number of nitrogens with zero attached hydrogens (tertiary/aromatic N) is 6. The van der Waals surface area contributed by atoms with Crippen LogP contribution in [0.25, 0.3) is 38.9 Å². The minimum atomic E-state index is -1.00. The van der Waals surface area contributed by atoms with Gasteiger partial charge in [-0.15, -0.1) is 0 Å². The Morgan fingerprint density at radius 1 is 0.609 bits per heavy atom. The first-order valence-corrected chi connectivity index (χ1v) is 15.1. The topological polar surface area (TPSA) is 69.4 Å². The van der Waals surface area contributed by atoms with Gasteiger partial charge in [-0.25, -0.2) is 9.97 Å². The predicted molar refractivity (Wildman–Crippen MR) is 184 cm³/mol. The number of para-hydroxylation sites is 2. The molecule has 0 bridgehead atoms. The summed E-state index contributed by atoms with van der Waals surface area (Å²) in [5.41, 5.74) is 7.80. The van der Waals surface area contributed by atoms with Gasteiger partial charge in [-0.1, -0.05) is 108 Å². The fraction of sp³-hybridized carbons (Fsp3) is 0.0606. The van der Waals surface area contributed by atoms with Crippen molar-refractivity contribution in [3.8, 4) is 17.1 Å². The third kappa shape index (κ3) is 8.35. The van der Waals surface area contributed by atoms with Gasteiger partial charge in [0.25, 0.3) is 0 Å². The van der Waals surface area contributed by atoms with Crippen LogP contribution in [0.5, 0.6) is 0 Å². The van der Waals surface area contributed by atoms with Crippen molar-refractivity contribution in [2.24, 2.45) is 0 Å². The van der Waals surface area contributed by atoms with Crippen molar-refractivity contribution < 1.29 is 36.7 Å². The molecule has 0 aliphatic heterocycles. The molecule has 0 saturated carbocycles. The van der Waals surface area contributed by atoms with Gasteiger partial charge in [0.2, 0.25) is 21.8 Å². The van der Waals surface area contributed by atoms with Crippen LogP contribution in [0.4, 0.5) is 4.39 Å². The van der Waals surface area contributed by atoms with Crippen LogP contribution in [0.1, 0.15) is 13.9 Å². The summed E-state index contributed by atoms with van der Waals surface area (Å²) in [4.78, 5) is 19.0. The maximum atomic E-state index is 9.96. The molecule has 1 aliphatic rings. The first-order chi connectivity index (χ1) is 22.3. The number of halogens is 6. The third-order valence-corrected chi connectivity index (χ3v) is 7.59. The average molecular weight is 724 g/mol. The van der Waals surface area contributed by atoms with Crippen LogP contribution < -0.4 is 29.6 Å². The maximum Gasteiger partial charge on any atom is 1.00 e. The fourth-order valence-corrected chi connectivity index (χ4v) is 6.02. The van der Waals surface area contributed by atoms with E-state index in [1.54, 1.807) is 0 Å². The van der Waals surface area contributed by atoms with Crippen molar-refractivity contribution in [3.63, 3.8) is 0 Å². The molecular formula is C33H23Cl5FN6Na. The number of fused-ring (bicyclic) bond motifs is 6. The molecule has 0 N–H and O–H groups in total. The van der Waals surface area contributed by atoms with Gasteiger partial charge in [-0.2, -0.15) is 15.0 Å². The first kappa shape index (κ1) is 34.5. The summed E-state index contributed by atoms with van der Waals surface area (Å²) in [5, 5.41) is 2.94. The summed E-state index contributed by atoms with van der Waals surface area (Å²) in [6.45, 7) is 0. The van der Waals surface area contributed by atoms with E-state index in [1.165, 1.54) is 28.3 Å². The van der Waals surface area contributed by atoms with E-state index in [0.29, 0.717) is 16.3 Å². The molecule has 3 heterocycles. The molecule has 1 aliphatic carbocycles. The van der Waals surface area contributed by atoms with Gasteiger partial charge in [0.05, 0.1) is 19.6 Å². The normalized spacial score (nSPS) is 11.0. The van der Waals surface area contributed by atoms with Gasteiger partial charge in [0, 0.05) is 16.8 Å². The van der Waals surface area contributed by atoms with Gasteiger partial charge in [-0.05, 0) is 75.6 Å². The summed E-state index contributed by atoms with van der Waals surface area (Å²) >= 11 is 28.0. The van der Waals surface area contributed by atoms with E-state index in [2.05, 4.69) is 85.6 Å². The molecule has 0 saturated heterocycles. The first-order valence-electron chi connectivity index (χ1n) is 13.9. The van der Waals surface area contributed by atoms with E-state index in [9.17, 15) is 4.39 Å². The van der Waals surface area contributed by atoms with Crippen LogP contribution in [-0.2, 0) is 6.42 Å². The number of alkyl halides is 1. The average Bonchev–Trinajstić information content (AvgIpc) is 3.57. The Morgan fingerprint density at radius 2 is 0.978 bits per heavy atom. The van der Waals surface area contributed by atoms with Crippen molar-refractivity contribution in [3.05, 3.63) is 140 Å². The molecular weight excluding hydrogens is 700 g/mol. The molecule has 4 aromatic carbocycles. The largest absolute Gasteiger partial charge is 1.00 e. The Kier molecular flexibility index (Phi) is 12.6. The second-order valence-corrected chi connectivity index (χ2v) is 11.1. The quantitative estimate of drug-likeness (QED) is 0.129. The van der Waals surface area contributed by atoms with Gasteiger partial charge >= 0.3 is 29.6 Å². The molecule has 0 atom stereocenters. The number of hydrogen-bond acceptors (Lipinski definition) is 5. The van der Waals surface area contributed by atoms with Gasteiger partial charge in [-0.3, -0.25) is 8.96 Å². The fourth-order valence-electron chi connectivity index (χ4n) is 5.00. The molecule has 0 fully saturated rings. The Bertz CT molecular complexity index is 1970. The van der Waals surface area contributed by atoms with Crippen LogP contribution >= 0.6 is 58.0 Å². The standard InChI is InChI=1S/C16H9Cl2N3.C13H10.C3Cl3N3.CH3F.Na.H/c17-14-9-15(18)20-16(19-14)21-12-7-3-1-5-10(12)11-6-2-4-8-13(11)21;1-3-7-12-10(5-1)9-11-6-2-4-8-13(11)12;4-1-7-2(5)9-3(6)8-1;1-2;;/h1-9H;1-8H,9H2;;1H3;;/q;;;;+1;-1/i;;;1D;;. The molecule has 228 valence electrons. The van der Waals surface area contributed by atoms with E-state index >= 15 is 0 Å². The molecule has 6 nitrogen and oxygen atoms in total. The summed E-state index contributed by atoms with van der Waals surface area (Å²) in [7, 11) is -1.00. The predicted octanol–water partition coefficient (Wildman–Crippen LogP) is 7.67. The third-order valence-electron chi connectivity index (χ3n) is 6.69. The van der Waals surface area contributed by atoms with E-state index < -0.39 is 7.15 Å². The van der Waals surface area contributed by atoms with E-state index in [4.69, 9.17) is 59.4 Å². The number of hydrogen-bond donors (Lipinski definition) is 0. The van der Waals surface area contributed by atoms with Gasteiger partial charge < -0.3 is 1.43 Å². The van der Waals surface area contributed by atoms with E-state index in [0.717, 1.165) is 28.2 Å². The Morgan fingerprint density at radius 3 is 1.41 bits per heavy atom. The summed E-state index contributed by atoms with van der Waals surface area (Å²) < 4.78 is 17.5. The van der Waals surface area contributed by atoms with Gasteiger partial charge in [0.15, 0.2) is 0 Å². The zero-order valence-electron chi connectivity index (χ0n) is 26.2. The Balaban J connectivity index is 0.000000199.